The van der Waals surface area contributed by atoms with Crippen molar-refractivity contribution in [2.24, 2.45) is 12.5 Å². The number of hydrogen-bond acceptors (Lipinski definition) is 4. The molecule has 0 radical (unpaired) electrons. The highest BCUT2D eigenvalue weighted by Crippen LogP contribution is 2.22. The molecular formula is C17H26N4O. The van der Waals surface area contributed by atoms with Crippen molar-refractivity contribution in [2.45, 2.75) is 33.2 Å². The molecule has 0 aromatic carbocycles. The number of hydrogen-bond donors (Lipinski definition) is 2. The fourth-order valence-electron chi connectivity index (χ4n) is 2.41. The van der Waals surface area contributed by atoms with Gasteiger partial charge in [-0.05, 0) is 36.9 Å². The Bertz CT molecular complexity index is 578. The molecule has 0 aliphatic heterocycles. The van der Waals surface area contributed by atoms with Crippen LogP contribution in [-0.2, 0) is 13.6 Å². The van der Waals surface area contributed by atoms with E-state index in [-0.39, 0.29) is 12.0 Å². The van der Waals surface area contributed by atoms with Crippen molar-refractivity contribution in [3.8, 4) is 11.3 Å². The molecule has 22 heavy (non-hydrogen) atoms. The van der Waals surface area contributed by atoms with Crippen molar-refractivity contribution < 1.29 is 5.11 Å². The molecule has 2 aromatic rings. The second-order valence-electron chi connectivity index (χ2n) is 6.52. The van der Waals surface area contributed by atoms with Crippen molar-refractivity contribution in [1.29, 1.82) is 0 Å². The summed E-state index contributed by atoms with van der Waals surface area (Å²) in [4.78, 5) is 4.16. The van der Waals surface area contributed by atoms with E-state index in [4.69, 9.17) is 0 Å². The molecule has 0 aliphatic rings. The molecule has 0 saturated heterocycles. The van der Waals surface area contributed by atoms with E-state index in [1.54, 1.807) is 6.20 Å². The van der Waals surface area contributed by atoms with Crippen LogP contribution < -0.4 is 5.32 Å². The molecule has 0 bridgehead atoms. The normalized spacial score (nSPS) is 11.8. The molecule has 0 unspecified atom stereocenters. The van der Waals surface area contributed by atoms with Crippen LogP contribution in [-0.4, -0.2) is 33.0 Å². The molecule has 0 saturated carbocycles. The lowest BCUT2D eigenvalue weighted by Gasteiger charge is -2.21. The Morgan fingerprint density at radius 3 is 2.86 bits per heavy atom. The topological polar surface area (TPSA) is 63.0 Å². The summed E-state index contributed by atoms with van der Waals surface area (Å²) in [6, 6.07) is 3.96. The van der Waals surface area contributed by atoms with Gasteiger partial charge in [-0.25, -0.2) is 0 Å². The number of nitrogens with one attached hydrogen (secondary N) is 1. The molecule has 2 aromatic heterocycles. The van der Waals surface area contributed by atoms with E-state index in [1.807, 2.05) is 36.3 Å². The van der Waals surface area contributed by atoms with Crippen molar-refractivity contribution in [2.75, 3.05) is 13.2 Å². The fourth-order valence-corrected chi connectivity index (χ4v) is 2.41. The molecule has 2 rings (SSSR count). The third-order valence-electron chi connectivity index (χ3n) is 3.79. The quantitative estimate of drug-likeness (QED) is 0.735. The first-order valence-corrected chi connectivity index (χ1v) is 7.76. The number of aryl methyl sites for hydroxylation is 1. The van der Waals surface area contributed by atoms with Gasteiger partial charge in [-0.15, -0.1) is 0 Å². The second-order valence-corrected chi connectivity index (χ2v) is 6.52. The Kier molecular flexibility index (Phi) is 5.69. The lowest BCUT2D eigenvalue weighted by Crippen LogP contribution is -2.21. The lowest BCUT2D eigenvalue weighted by atomic mass is 9.89. The summed E-state index contributed by atoms with van der Waals surface area (Å²) in [5, 5.41) is 17.3. The van der Waals surface area contributed by atoms with Gasteiger partial charge in [0.15, 0.2) is 0 Å². The summed E-state index contributed by atoms with van der Waals surface area (Å²) in [5.41, 5.74) is 3.22. The van der Waals surface area contributed by atoms with E-state index in [2.05, 4.69) is 29.2 Å². The zero-order chi connectivity index (χ0) is 16.0. The molecule has 0 spiro atoms. The summed E-state index contributed by atoms with van der Waals surface area (Å²) in [5.74, 6) is 0. The molecule has 2 N–H and O–H groups in total. The Morgan fingerprint density at radius 2 is 2.18 bits per heavy atom. The van der Waals surface area contributed by atoms with Gasteiger partial charge < -0.3 is 10.4 Å². The van der Waals surface area contributed by atoms with Gasteiger partial charge in [-0.3, -0.25) is 9.67 Å². The first kappa shape index (κ1) is 16.6. The molecule has 0 fully saturated rings. The monoisotopic (exact) mass is 302 g/mol. The van der Waals surface area contributed by atoms with E-state index in [0.29, 0.717) is 0 Å². The Hall–Kier alpha value is -1.72. The van der Waals surface area contributed by atoms with Crippen molar-refractivity contribution in [1.82, 2.24) is 20.1 Å². The fraction of sp³-hybridized carbons (Fsp3) is 0.529. The minimum Gasteiger partial charge on any atom is -0.396 e. The highest BCUT2D eigenvalue weighted by Gasteiger charge is 2.15. The molecule has 2 heterocycles. The summed E-state index contributed by atoms with van der Waals surface area (Å²) < 4.78 is 1.84. The first-order valence-electron chi connectivity index (χ1n) is 7.76. The van der Waals surface area contributed by atoms with Crippen LogP contribution in [0.4, 0.5) is 0 Å². The molecular weight excluding hydrogens is 276 g/mol. The minimum atomic E-state index is 0.0108. The summed E-state index contributed by atoms with van der Waals surface area (Å²) in [6.07, 6.45) is 7.73. The van der Waals surface area contributed by atoms with E-state index < -0.39 is 0 Å². The summed E-state index contributed by atoms with van der Waals surface area (Å²) >= 11 is 0. The van der Waals surface area contributed by atoms with Crippen LogP contribution in [0.5, 0.6) is 0 Å². The van der Waals surface area contributed by atoms with Crippen LogP contribution in [0.15, 0.2) is 30.7 Å². The lowest BCUT2D eigenvalue weighted by molar-refractivity contribution is 0.148. The van der Waals surface area contributed by atoms with Crippen molar-refractivity contribution >= 4 is 0 Å². The average Bonchev–Trinajstić information content (AvgIpc) is 2.89. The SMILES string of the molecule is Cn1cc(CNCCCC(C)(C)CO)c(-c2cccnc2)n1. The second kappa shape index (κ2) is 7.51. The van der Waals surface area contributed by atoms with E-state index in [0.717, 1.165) is 37.2 Å². The number of aromatic nitrogens is 3. The van der Waals surface area contributed by atoms with Crippen LogP contribution in [0.2, 0.25) is 0 Å². The zero-order valence-electron chi connectivity index (χ0n) is 13.7. The smallest absolute Gasteiger partial charge is 0.0983 e. The summed E-state index contributed by atoms with van der Waals surface area (Å²) in [7, 11) is 1.94. The molecule has 5 heteroatoms. The number of aliphatic hydroxyl groups excluding tert-OH is 1. The maximum Gasteiger partial charge on any atom is 0.0983 e. The van der Waals surface area contributed by atoms with Crippen LogP contribution in [0.25, 0.3) is 11.3 Å². The highest BCUT2D eigenvalue weighted by atomic mass is 16.3. The molecule has 0 aliphatic carbocycles. The largest absolute Gasteiger partial charge is 0.396 e. The third-order valence-corrected chi connectivity index (χ3v) is 3.79. The molecule has 120 valence electrons. The van der Waals surface area contributed by atoms with Gasteiger partial charge in [0, 0.05) is 49.9 Å². The third kappa shape index (κ3) is 4.64. The van der Waals surface area contributed by atoms with E-state index in [9.17, 15) is 5.11 Å². The van der Waals surface area contributed by atoms with Crippen LogP contribution in [0.1, 0.15) is 32.3 Å². The Morgan fingerprint density at radius 1 is 1.36 bits per heavy atom. The number of pyridine rings is 1. The Labute approximate surface area is 132 Å². The zero-order valence-corrected chi connectivity index (χ0v) is 13.7. The predicted molar refractivity (Wildman–Crippen MR) is 88.2 cm³/mol. The molecule has 0 amide bonds. The first-order chi connectivity index (χ1) is 10.5. The Balaban J connectivity index is 1.89. The minimum absolute atomic E-state index is 0.0108. The van der Waals surface area contributed by atoms with Gasteiger partial charge in [-0.2, -0.15) is 5.10 Å². The van der Waals surface area contributed by atoms with Crippen LogP contribution in [0, 0.1) is 5.41 Å². The standard InChI is InChI=1S/C17H26N4O/c1-17(2,13-22)7-5-9-19-11-15-12-21(3)20-16(15)14-6-4-8-18-10-14/h4,6,8,10,12,19,22H,5,7,9,11,13H2,1-3H3. The maximum atomic E-state index is 9.26. The number of nitrogens with zero attached hydrogens (tertiary/aromatic N) is 3. The van der Waals surface area contributed by atoms with Gasteiger partial charge >= 0.3 is 0 Å². The molecule has 5 nitrogen and oxygen atoms in total. The van der Waals surface area contributed by atoms with Gasteiger partial charge in [0.25, 0.3) is 0 Å². The van der Waals surface area contributed by atoms with E-state index in [1.165, 1.54) is 5.56 Å². The molecule has 0 atom stereocenters. The highest BCUT2D eigenvalue weighted by molar-refractivity contribution is 5.61. The average molecular weight is 302 g/mol. The van der Waals surface area contributed by atoms with Gasteiger partial charge in [0.05, 0.1) is 5.69 Å². The van der Waals surface area contributed by atoms with Crippen LogP contribution in [0.3, 0.4) is 0 Å². The van der Waals surface area contributed by atoms with Gasteiger partial charge in [0.1, 0.15) is 0 Å². The van der Waals surface area contributed by atoms with Gasteiger partial charge in [0.2, 0.25) is 0 Å². The number of rotatable bonds is 8. The maximum absolute atomic E-state index is 9.26. The predicted octanol–water partition coefficient (Wildman–Crippen LogP) is 2.37. The van der Waals surface area contributed by atoms with Crippen LogP contribution >= 0.6 is 0 Å². The van der Waals surface area contributed by atoms with Crippen molar-refractivity contribution in [3.63, 3.8) is 0 Å². The van der Waals surface area contributed by atoms with E-state index >= 15 is 0 Å². The number of aliphatic hydroxyl groups is 1. The van der Waals surface area contributed by atoms with Gasteiger partial charge in [-0.1, -0.05) is 13.8 Å². The summed E-state index contributed by atoms with van der Waals surface area (Å²) in [6.45, 7) is 6.15. The van der Waals surface area contributed by atoms with Crippen molar-refractivity contribution in [3.05, 3.63) is 36.3 Å².